The molecule has 0 bridgehead atoms. The normalized spacial score (nSPS) is 10.5. The highest BCUT2D eigenvalue weighted by Gasteiger charge is 2.05. The molecule has 0 radical (unpaired) electrons. The Morgan fingerprint density at radius 3 is 2.10 bits per heavy atom. The Morgan fingerprint density at radius 2 is 1.45 bits per heavy atom. The Bertz CT molecular complexity index is 677. The first-order valence-electron chi connectivity index (χ1n) is 11.1. The Balaban J connectivity index is 0.00000450. The molecule has 3 nitrogen and oxygen atoms in total. The summed E-state index contributed by atoms with van der Waals surface area (Å²) in [7, 11) is 0. The van der Waals surface area contributed by atoms with Gasteiger partial charge >= 0.3 is 0 Å². The van der Waals surface area contributed by atoms with Crippen molar-refractivity contribution in [2.45, 2.75) is 59.1 Å². The fraction of sp³-hybridized carbons (Fsp3) is 0.520. The molecule has 0 amide bonds. The van der Waals surface area contributed by atoms with Gasteiger partial charge in [0.05, 0.1) is 0 Å². The second-order valence-corrected chi connectivity index (χ2v) is 7.60. The van der Waals surface area contributed by atoms with Gasteiger partial charge in [-0.25, -0.2) is 4.39 Å². The molecule has 0 aromatic heterocycles. The SMILES string of the molecule is CCCCN(CCCC)CCCNCc1ccccc1OCc1ccc(F)cc1.Cl.Cl. The maximum Gasteiger partial charge on any atom is 0.124 e. The number of rotatable bonds is 15. The van der Waals surface area contributed by atoms with Gasteiger partial charge in [0.25, 0.3) is 0 Å². The van der Waals surface area contributed by atoms with E-state index in [0.717, 1.165) is 42.9 Å². The quantitative estimate of drug-likeness (QED) is 0.294. The van der Waals surface area contributed by atoms with Crippen LogP contribution >= 0.6 is 24.8 Å². The van der Waals surface area contributed by atoms with Crippen LogP contribution in [0.25, 0.3) is 0 Å². The van der Waals surface area contributed by atoms with Crippen LogP contribution in [0.15, 0.2) is 48.5 Å². The van der Waals surface area contributed by atoms with Gasteiger partial charge in [-0.1, -0.05) is 57.0 Å². The molecule has 0 aliphatic carbocycles. The number of halogens is 3. The summed E-state index contributed by atoms with van der Waals surface area (Å²) < 4.78 is 19.0. The minimum Gasteiger partial charge on any atom is -0.489 e. The predicted octanol–water partition coefficient (Wildman–Crippen LogP) is 6.63. The highest BCUT2D eigenvalue weighted by atomic mass is 35.5. The van der Waals surface area contributed by atoms with E-state index < -0.39 is 0 Å². The zero-order chi connectivity index (χ0) is 20.7. The standard InChI is InChI=1S/C25H37FN2O.2ClH/c1-3-5-17-28(18-6-4-2)19-9-16-27-20-23-10-7-8-11-25(23)29-21-22-12-14-24(26)15-13-22;;/h7-8,10-15,27H,3-6,9,16-21H2,1-2H3;2*1H. The molecule has 2 aromatic rings. The van der Waals surface area contributed by atoms with Crippen LogP contribution in [0.4, 0.5) is 4.39 Å². The van der Waals surface area contributed by atoms with Gasteiger partial charge in [0.15, 0.2) is 0 Å². The summed E-state index contributed by atoms with van der Waals surface area (Å²) in [4.78, 5) is 2.61. The Labute approximate surface area is 200 Å². The highest BCUT2D eigenvalue weighted by molar-refractivity contribution is 5.85. The van der Waals surface area contributed by atoms with Gasteiger partial charge in [0, 0.05) is 12.1 Å². The predicted molar refractivity (Wildman–Crippen MR) is 134 cm³/mol. The van der Waals surface area contributed by atoms with Crippen molar-refractivity contribution < 1.29 is 9.13 Å². The monoisotopic (exact) mass is 472 g/mol. The fourth-order valence-corrected chi connectivity index (χ4v) is 3.28. The first-order valence-corrected chi connectivity index (χ1v) is 11.1. The lowest BCUT2D eigenvalue weighted by Crippen LogP contribution is -2.29. The summed E-state index contributed by atoms with van der Waals surface area (Å²) in [5.41, 5.74) is 2.12. The number of benzene rings is 2. The second kappa shape index (κ2) is 18.3. The topological polar surface area (TPSA) is 24.5 Å². The number of para-hydroxylation sites is 1. The van der Waals surface area contributed by atoms with Gasteiger partial charge in [-0.15, -0.1) is 24.8 Å². The van der Waals surface area contributed by atoms with Crippen LogP contribution in [0.3, 0.4) is 0 Å². The van der Waals surface area contributed by atoms with Crippen molar-refractivity contribution in [1.29, 1.82) is 0 Å². The van der Waals surface area contributed by atoms with Crippen LogP contribution in [-0.2, 0) is 13.2 Å². The van der Waals surface area contributed by atoms with Crippen molar-refractivity contribution in [3.8, 4) is 5.75 Å². The molecule has 6 heteroatoms. The molecule has 0 saturated heterocycles. The minimum atomic E-state index is -0.221. The molecular weight excluding hydrogens is 434 g/mol. The third-order valence-corrected chi connectivity index (χ3v) is 5.08. The van der Waals surface area contributed by atoms with E-state index in [4.69, 9.17) is 4.74 Å². The van der Waals surface area contributed by atoms with E-state index in [1.54, 1.807) is 12.1 Å². The maximum atomic E-state index is 13.0. The van der Waals surface area contributed by atoms with E-state index in [9.17, 15) is 4.39 Å². The molecule has 2 rings (SSSR count). The minimum absolute atomic E-state index is 0. The zero-order valence-corrected chi connectivity index (χ0v) is 20.6. The third-order valence-electron chi connectivity index (χ3n) is 5.08. The lowest BCUT2D eigenvalue weighted by atomic mass is 10.2. The lowest BCUT2D eigenvalue weighted by Gasteiger charge is -2.22. The molecule has 0 atom stereocenters. The van der Waals surface area contributed by atoms with Crippen molar-refractivity contribution in [2.24, 2.45) is 0 Å². The number of ether oxygens (including phenoxy) is 1. The molecule has 0 aliphatic heterocycles. The molecule has 0 unspecified atom stereocenters. The molecular formula is C25H39Cl2FN2O. The first kappa shape index (κ1) is 29.7. The van der Waals surface area contributed by atoms with E-state index >= 15 is 0 Å². The van der Waals surface area contributed by atoms with Gasteiger partial charge in [0.2, 0.25) is 0 Å². The number of hydrogen-bond acceptors (Lipinski definition) is 3. The molecule has 0 heterocycles. The van der Waals surface area contributed by atoms with Crippen LogP contribution in [0.1, 0.15) is 57.1 Å². The van der Waals surface area contributed by atoms with Crippen molar-refractivity contribution in [3.05, 3.63) is 65.5 Å². The Morgan fingerprint density at radius 1 is 0.839 bits per heavy atom. The van der Waals surface area contributed by atoms with Crippen LogP contribution in [0.5, 0.6) is 5.75 Å². The van der Waals surface area contributed by atoms with Crippen LogP contribution in [0.2, 0.25) is 0 Å². The van der Waals surface area contributed by atoms with E-state index in [2.05, 4.69) is 30.1 Å². The van der Waals surface area contributed by atoms with Crippen molar-refractivity contribution in [3.63, 3.8) is 0 Å². The molecule has 0 saturated carbocycles. The van der Waals surface area contributed by atoms with Gasteiger partial charge in [-0.2, -0.15) is 0 Å². The van der Waals surface area contributed by atoms with E-state index in [0.29, 0.717) is 6.61 Å². The van der Waals surface area contributed by atoms with Gasteiger partial charge in [-0.05, 0) is 69.2 Å². The van der Waals surface area contributed by atoms with E-state index in [-0.39, 0.29) is 30.6 Å². The zero-order valence-electron chi connectivity index (χ0n) is 18.9. The van der Waals surface area contributed by atoms with Crippen LogP contribution in [0, 0.1) is 5.82 Å². The van der Waals surface area contributed by atoms with E-state index in [1.807, 2.05) is 18.2 Å². The average Bonchev–Trinajstić information content (AvgIpc) is 2.75. The molecule has 0 aliphatic rings. The maximum absolute atomic E-state index is 13.0. The number of nitrogens with zero attached hydrogens (tertiary/aromatic N) is 1. The summed E-state index contributed by atoms with van der Waals surface area (Å²) >= 11 is 0. The summed E-state index contributed by atoms with van der Waals surface area (Å²) in [6.45, 7) is 10.4. The van der Waals surface area contributed by atoms with Crippen molar-refractivity contribution in [2.75, 3.05) is 26.2 Å². The fourth-order valence-electron chi connectivity index (χ4n) is 3.28. The Kier molecular flexibility index (Phi) is 17.5. The summed E-state index contributed by atoms with van der Waals surface area (Å²) in [6.07, 6.45) is 6.25. The number of unbranched alkanes of at least 4 members (excludes halogenated alkanes) is 2. The molecule has 176 valence electrons. The molecule has 31 heavy (non-hydrogen) atoms. The van der Waals surface area contributed by atoms with Crippen LogP contribution < -0.4 is 10.1 Å². The van der Waals surface area contributed by atoms with Gasteiger partial charge in [-0.3, -0.25) is 0 Å². The van der Waals surface area contributed by atoms with Crippen molar-refractivity contribution in [1.82, 2.24) is 10.2 Å². The highest BCUT2D eigenvalue weighted by Crippen LogP contribution is 2.19. The van der Waals surface area contributed by atoms with Crippen LogP contribution in [-0.4, -0.2) is 31.1 Å². The molecule has 0 spiro atoms. The largest absolute Gasteiger partial charge is 0.489 e. The summed E-state index contributed by atoms with van der Waals surface area (Å²) in [6, 6.07) is 14.6. The summed E-state index contributed by atoms with van der Waals surface area (Å²) in [5, 5.41) is 3.56. The smallest absolute Gasteiger partial charge is 0.124 e. The third kappa shape index (κ3) is 12.3. The molecule has 2 aromatic carbocycles. The second-order valence-electron chi connectivity index (χ2n) is 7.60. The first-order chi connectivity index (χ1) is 14.2. The van der Waals surface area contributed by atoms with E-state index in [1.165, 1.54) is 50.9 Å². The van der Waals surface area contributed by atoms with Gasteiger partial charge in [0.1, 0.15) is 18.2 Å². The number of nitrogens with one attached hydrogen (secondary N) is 1. The van der Waals surface area contributed by atoms with Gasteiger partial charge < -0.3 is 15.0 Å². The Hall–Kier alpha value is -1.33. The number of hydrogen-bond donors (Lipinski definition) is 1. The molecule has 0 fully saturated rings. The average molecular weight is 474 g/mol. The molecule has 1 N–H and O–H groups in total. The lowest BCUT2D eigenvalue weighted by molar-refractivity contribution is 0.260. The summed E-state index contributed by atoms with van der Waals surface area (Å²) in [5.74, 6) is 0.665. The van der Waals surface area contributed by atoms with Crippen molar-refractivity contribution >= 4 is 24.8 Å².